The van der Waals surface area contributed by atoms with Crippen molar-refractivity contribution in [3.63, 3.8) is 0 Å². The van der Waals surface area contributed by atoms with Crippen LogP contribution >= 0.6 is 0 Å². The fourth-order valence-corrected chi connectivity index (χ4v) is 4.41. The number of rotatable bonds is 6. The van der Waals surface area contributed by atoms with Crippen molar-refractivity contribution in [1.82, 2.24) is 24.5 Å². The van der Waals surface area contributed by atoms with Crippen molar-refractivity contribution in [1.29, 1.82) is 0 Å². The van der Waals surface area contributed by atoms with Crippen LogP contribution in [0.25, 0.3) is 0 Å². The predicted molar refractivity (Wildman–Crippen MR) is 120 cm³/mol. The summed E-state index contributed by atoms with van der Waals surface area (Å²) in [6, 6.07) is -0.161. The normalized spacial score (nSPS) is 23.2. The number of aryl methyl sites for hydroxylation is 1. The van der Waals surface area contributed by atoms with E-state index in [-0.39, 0.29) is 24.5 Å². The summed E-state index contributed by atoms with van der Waals surface area (Å²) < 4.78 is 13.8. The van der Waals surface area contributed by atoms with Crippen molar-refractivity contribution >= 4 is 12.4 Å². The van der Waals surface area contributed by atoms with Crippen LogP contribution in [-0.2, 0) is 26.1 Å². The number of nitrogens with zero attached hydrogens (tertiary/aromatic N) is 5. The van der Waals surface area contributed by atoms with E-state index in [2.05, 4.69) is 21.9 Å². The number of likely N-dealkylation sites (N-methyl/N-ethyl adjacent to an activating group) is 1. The highest BCUT2D eigenvalue weighted by atomic mass is 16.5. The molecule has 0 spiro atoms. The zero-order valence-corrected chi connectivity index (χ0v) is 20.1. The zero-order chi connectivity index (χ0) is 23.7. The number of carbonyl (C=O) groups excluding carboxylic acids is 1. The van der Waals surface area contributed by atoms with Crippen LogP contribution in [0.1, 0.15) is 38.8 Å². The smallest absolute Gasteiger partial charge is 0.290 e. The molecule has 0 aliphatic carbocycles. The van der Waals surface area contributed by atoms with E-state index in [9.17, 15) is 4.79 Å². The fraction of sp³-hybridized carbons (Fsp3) is 0.773. The lowest BCUT2D eigenvalue weighted by atomic mass is 9.97. The Bertz CT molecular complexity index is 725. The monoisotopic (exact) mass is 453 g/mol. The Balaban J connectivity index is 0.00000114. The van der Waals surface area contributed by atoms with Gasteiger partial charge in [-0.05, 0) is 47.3 Å². The Morgan fingerprint density at radius 2 is 2.00 bits per heavy atom. The molecule has 0 aromatic carbocycles. The minimum Gasteiger partial charge on any atom is -0.483 e. The third kappa shape index (κ3) is 6.99. The van der Waals surface area contributed by atoms with E-state index in [4.69, 9.17) is 19.4 Å². The van der Waals surface area contributed by atoms with Gasteiger partial charge in [0.2, 0.25) is 0 Å². The molecule has 2 aliphatic heterocycles. The molecule has 182 valence electrons. The summed E-state index contributed by atoms with van der Waals surface area (Å²) in [7, 11) is 4.08. The highest BCUT2D eigenvalue weighted by molar-refractivity contribution is 5.85. The van der Waals surface area contributed by atoms with Gasteiger partial charge in [0.15, 0.2) is 0 Å². The number of ether oxygens (including phenoxy) is 2. The van der Waals surface area contributed by atoms with Gasteiger partial charge in [0.1, 0.15) is 5.60 Å². The maximum absolute atomic E-state index is 13.4. The quantitative estimate of drug-likeness (QED) is 0.633. The molecule has 2 atom stereocenters. The first-order chi connectivity index (χ1) is 15.2. The van der Waals surface area contributed by atoms with Crippen LogP contribution in [0, 0.1) is 0 Å². The topological polar surface area (TPSA) is 100 Å². The largest absolute Gasteiger partial charge is 0.483 e. The molecule has 0 bridgehead atoms. The van der Waals surface area contributed by atoms with Crippen molar-refractivity contribution in [3.8, 4) is 0 Å². The Morgan fingerprint density at radius 1 is 1.28 bits per heavy atom. The zero-order valence-electron chi connectivity index (χ0n) is 20.1. The second kappa shape index (κ2) is 12.3. The van der Waals surface area contributed by atoms with Gasteiger partial charge in [-0.15, -0.1) is 0 Å². The molecule has 3 rings (SSSR count). The lowest BCUT2D eigenvalue weighted by Gasteiger charge is -2.44. The summed E-state index contributed by atoms with van der Waals surface area (Å²) in [6.07, 6.45) is 4.92. The Kier molecular flexibility index (Phi) is 10.1. The molecule has 1 amide bonds. The minimum absolute atomic E-state index is 0.0112. The number of morpholine rings is 1. The van der Waals surface area contributed by atoms with Crippen molar-refractivity contribution < 1.29 is 24.2 Å². The van der Waals surface area contributed by atoms with Gasteiger partial charge in [-0.2, -0.15) is 5.10 Å². The minimum atomic E-state index is -0.859. The number of aromatic nitrogens is 2. The van der Waals surface area contributed by atoms with E-state index in [1.165, 1.54) is 0 Å². The predicted octanol–water partition coefficient (Wildman–Crippen LogP) is 0.842. The summed E-state index contributed by atoms with van der Waals surface area (Å²) in [5.74, 6) is 0.0112. The lowest BCUT2D eigenvalue weighted by Crippen LogP contribution is -2.56. The maximum atomic E-state index is 13.4. The molecule has 0 radical (unpaired) electrons. The molecule has 10 nitrogen and oxygen atoms in total. The van der Waals surface area contributed by atoms with E-state index in [0.29, 0.717) is 19.8 Å². The third-order valence-corrected chi connectivity index (χ3v) is 5.95. The van der Waals surface area contributed by atoms with E-state index in [1.54, 1.807) is 4.68 Å². The number of carboxylic acid groups (broad SMARTS) is 1. The maximum Gasteiger partial charge on any atom is 0.290 e. The fourth-order valence-electron chi connectivity index (χ4n) is 4.41. The highest BCUT2D eigenvalue weighted by Gasteiger charge is 2.43. The third-order valence-electron chi connectivity index (χ3n) is 5.95. The molecule has 3 heterocycles. The van der Waals surface area contributed by atoms with Gasteiger partial charge in [-0.25, -0.2) is 0 Å². The first-order valence-electron chi connectivity index (χ1n) is 11.3. The molecule has 2 aliphatic rings. The Labute approximate surface area is 191 Å². The van der Waals surface area contributed by atoms with Gasteiger partial charge in [0.25, 0.3) is 12.4 Å². The molecule has 1 aromatic heterocycles. The van der Waals surface area contributed by atoms with Gasteiger partial charge in [-0.3, -0.25) is 19.2 Å². The van der Waals surface area contributed by atoms with Gasteiger partial charge in [-0.1, -0.05) is 0 Å². The van der Waals surface area contributed by atoms with Gasteiger partial charge in [0.05, 0.1) is 24.9 Å². The number of carbonyl (C=O) groups is 2. The molecule has 2 saturated heterocycles. The second-order valence-corrected chi connectivity index (χ2v) is 8.81. The molecule has 0 unspecified atom stereocenters. The summed E-state index contributed by atoms with van der Waals surface area (Å²) in [5.41, 5.74) is 0.160. The standard InChI is InChI=1S/C21H37N5O3.CH2O2/c1-6-29-21(2,3)20(27)26-12-13-28-18(19(26)17-14-22-24(5)15-17)16-25-9-7-8-23(4)10-11-25;2-1-3/h14-15,18-19H,6-13,16H2,1-5H3;1H,(H,2,3)/t18-,19-;/m0./s1. The average molecular weight is 454 g/mol. The molecule has 2 fully saturated rings. The summed E-state index contributed by atoms with van der Waals surface area (Å²) in [4.78, 5) is 28.6. The first kappa shape index (κ1) is 26.2. The van der Waals surface area contributed by atoms with Crippen LogP contribution in [0.15, 0.2) is 12.4 Å². The summed E-state index contributed by atoms with van der Waals surface area (Å²) >= 11 is 0. The molecule has 32 heavy (non-hydrogen) atoms. The van der Waals surface area contributed by atoms with Crippen LogP contribution in [0.5, 0.6) is 0 Å². The number of hydrogen-bond donors (Lipinski definition) is 1. The molecule has 1 N–H and O–H groups in total. The molecule has 1 aromatic rings. The lowest BCUT2D eigenvalue weighted by molar-refractivity contribution is -0.169. The summed E-state index contributed by atoms with van der Waals surface area (Å²) in [6.45, 7) is 12.1. The molecular weight excluding hydrogens is 414 g/mol. The van der Waals surface area contributed by atoms with Crippen LogP contribution in [0.4, 0.5) is 0 Å². The average Bonchev–Trinajstić information content (AvgIpc) is 3.06. The number of amides is 1. The molecule has 0 saturated carbocycles. The van der Waals surface area contributed by atoms with Crippen LogP contribution in [-0.4, -0.2) is 113 Å². The van der Waals surface area contributed by atoms with E-state index >= 15 is 0 Å². The molecular formula is C22H39N5O5. The van der Waals surface area contributed by atoms with E-state index < -0.39 is 5.60 Å². The Morgan fingerprint density at radius 3 is 2.62 bits per heavy atom. The van der Waals surface area contributed by atoms with Crippen LogP contribution in [0.2, 0.25) is 0 Å². The summed E-state index contributed by atoms with van der Waals surface area (Å²) in [5, 5.41) is 11.3. The number of hydrogen-bond acceptors (Lipinski definition) is 7. The first-order valence-corrected chi connectivity index (χ1v) is 11.3. The van der Waals surface area contributed by atoms with E-state index in [1.807, 2.05) is 45.1 Å². The van der Waals surface area contributed by atoms with E-state index in [0.717, 1.165) is 44.7 Å². The van der Waals surface area contributed by atoms with Gasteiger partial charge < -0.3 is 24.4 Å². The second-order valence-electron chi connectivity index (χ2n) is 8.81. The SMILES string of the molecule is CCOC(C)(C)C(=O)N1CCO[C@@H](CN2CCCN(C)CC2)[C@@H]1c1cnn(C)c1.O=CO. The van der Waals surface area contributed by atoms with Crippen molar-refractivity contribution in [2.45, 2.75) is 44.9 Å². The van der Waals surface area contributed by atoms with Crippen molar-refractivity contribution in [3.05, 3.63) is 18.0 Å². The van der Waals surface area contributed by atoms with Crippen molar-refractivity contribution in [2.24, 2.45) is 7.05 Å². The van der Waals surface area contributed by atoms with Crippen LogP contribution in [0.3, 0.4) is 0 Å². The molecule has 10 heteroatoms. The highest BCUT2D eigenvalue weighted by Crippen LogP contribution is 2.32. The van der Waals surface area contributed by atoms with Crippen LogP contribution < -0.4 is 0 Å². The van der Waals surface area contributed by atoms with Gasteiger partial charge in [0, 0.05) is 51.6 Å². The van der Waals surface area contributed by atoms with Gasteiger partial charge >= 0.3 is 0 Å². The Hall–Kier alpha value is -2.01. The van der Waals surface area contributed by atoms with Crippen molar-refractivity contribution in [2.75, 3.05) is 59.5 Å².